The zero-order valence-electron chi connectivity index (χ0n) is 21.5. The first-order valence-electron chi connectivity index (χ1n) is 12.1. The maximum absolute atomic E-state index is 13.4. The Bertz CT molecular complexity index is 1180. The van der Waals surface area contributed by atoms with E-state index < -0.39 is 12.0 Å². The molecule has 3 aromatic carbocycles. The smallest absolute Gasteiger partial charge is 0.328 e. The number of hydrogen-bond acceptors (Lipinski definition) is 5. The first-order valence-corrected chi connectivity index (χ1v) is 13.5. The maximum atomic E-state index is 13.4. The Labute approximate surface area is 218 Å². The summed E-state index contributed by atoms with van der Waals surface area (Å²) < 4.78 is 10.9. The average molecular weight is 506 g/mol. The summed E-state index contributed by atoms with van der Waals surface area (Å²) in [4.78, 5) is 25.7. The molecule has 3 aromatic rings. The van der Waals surface area contributed by atoms with E-state index in [1.54, 1.807) is 11.8 Å². The van der Waals surface area contributed by atoms with Crippen LogP contribution >= 0.6 is 11.8 Å². The number of thioether (sulfide) groups is 1. The van der Waals surface area contributed by atoms with Gasteiger partial charge < -0.3 is 14.8 Å². The van der Waals surface area contributed by atoms with E-state index in [4.69, 9.17) is 9.47 Å². The number of amides is 1. The van der Waals surface area contributed by atoms with Gasteiger partial charge in [-0.3, -0.25) is 4.79 Å². The molecule has 0 fully saturated rings. The maximum Gasteiger partial charge on any atom is 0.328 e. The van der Waals surface area contributed by atoms with E-state index in [1.165, 1.54) is 12.7 Å². The molecule has 0 aliphatic carbocycles. The number of esters is 1. The number of carbonyl (C=O) groups is 2. The Morgan fingerprint density at radius 2 is 1.67 bits per heavy atom. The second-order valence-electron chi connectivity index (χ2n) is 8.86. The number of hydrogen-bond donors (Lipinski definition) is 1. The molecule has 0 aliphatic heterocycles. The molecule has 0 saturated heterocycles. The van der Waals surface area contributed by atoms with Crippen LogP contribution in [0.1, 0.15) is 45.5 Å². The van der Waals surface area contributed by atoms with E-state index in [-0.39, 0.29) is 5.91 Å². The zero-order valence-corrected chi connectivity index (χ0v) is 22.3. The molecule has 6 heteroatoms. The van der Waals surface area contributed by atoms with Gasteiger partial charge in [0.2, 0.25) is 0 Å². The topological polar surface area (TPSA) is 64.6 Å². The Kier molecular flexibility index (Phi) is 10.6. The minimum Gasteiger partial charge on any atom is -0.467 e. The molecule has 5 nitrogen and oxygen atoms in total. The van der Waals surface area contributed by atoms with E-state index in [2.05, 4.69) is 30.4 Å². The monoisotopic (exact) mass is 505 g/mol. The molecule has 0 bridgehead atoms. The summed E-state index contributed by atoms with van der Waals surface area (Å²) in [6.07, 6.45) is 3.36. The van der Waals surface area contributed by atoms with Crippen molar-refractivity contribution in [2.45, 2.75) is 45.9 Å². The van der Waals surface area contributed by atoms with Crippen LogP contribution in [0, 0.1) is 13.8 Å². The summed E-state index contributed by atoms with van der Waals surface area (Å²) in [6.45, 7) is 5.03. The summed E-state index contributed by atoms with van der Waals surface area (Å²) in [5.41, 5.74) is 6.67. The summed E-state index contributed by atoms with van der Waals surface area (Å²) >= 11 is 1.71. The largest absolute Gasteiger partial charge is 0.467 e. The molecule has 36 heavy (non-hydrogen) atoms. The van der Waals surface area contributed by atoms with Gasteiger partial charge in [-0.05, 0) is 78.6 Å². The fourth-order valence-corrected chi connectivity index (χ4v) is 4.58. The molecule has 0 heterocycles. The van der Waals surface area contributed by atoms with Gasteiger partial charge >= 0.3 is 5.97 Å². The Morgan fingerprint density at radius 1 is 0.917 bits per heavy atom. The quantitative estimate of drug-likeness (QED) is 0.238. The Morgan fingerprint density at radius 3 is 2.36 bits per heavy atom. The highest BCUT2D eigenvalue weighted by Crippen LogP contribution is 2.29. The van der Waals surface area contributed by atoms with Crippen LogP contribution in [0.4, 0.5) is 0 Å². The highest BCUT2D eigenvalue weighted by atomic mass is 32.2. The Balaban J connectivity index is 1.84. The first kappa shape index (κ1) is 27.5. The predicted octanol–water partition coefficient (Wildman–Crippen LogP) is 6.10. The van der Waals surface area contributed by atoms with Crippen LogP contribution in [-0.4, -0.2) is 37.0 Å². The van der Waals surface area contributed by atoms with Gasteiger partial charge in [-0.15, -0.1) is 0 Å². The average Bonchev–Trinajstić information content (AvgIpc) is 2.88. The van der Waals surface area contributed by atoms with Gasteiger partial charge in [0, 0.05) is 5.56 Å². The summed E-state index contributed by atoms with van der Waals surface area (Å²) in [5, 5.41) is 2.91. The lowest BCUT2D eigenvalue weighted by molar-refractivity contribution is -0.143. The molecule has 0 aromatic heterocycles. The van der Waals surface area contributed by atoms with Crippen LogP contribution in [0.25, 0.3) is 11.1 Å². The molecule has 1 atom stereocenters. The van der Waals surface area contributed by atoms with E-state index in [9.17, 15) is 9.59 Å². The van der Waals surface area contributed by atoms with Crippen LogP contribution in [0.5, 0.6) is 0 Å². The Hall–Kier alpha value is -3.09. The number of carbonyl (C=O) groups excluding carboxylic acids is 2. The lowest BCUT2D eigenvalue weighted by Gasteiger charge is -2.19. The third-order valence-electron chi connectivity index (χ3n) is 6.02. The third-order valence-corrected chi connectivity index (χ3v) is 6.71. The van der Waals surface area contributed by atoms with Gasteiger partial charge in [-0.1, -0.05) is 60.2 Å². The van der Waals surface area contributed by atoms with Crippen molar-refractivity contribution in [3.8, 4) is 11.1 Å². The second kappa shape index (κ2) is 13.9. The van der Waals surface area contributed by atoms with Crippen LogP contribution in [0.3, 0.4) is 0 Å². The van der Waals surface area contributed by atoms with E-state index >= 15 is 0 Å². The standard InChI is InChI=1S/C30H35NO4S/c1-21-9-7-11-23(17-21)19-35-20-24-14-15-26(27(18-24)25-12-6-5-10-22(25)2)29(32)31-28(30(33)34-3)13-8-16-36-4/h5-7,9-12,14-15,17-18,28H,8,13,16,19-20H2,1-4H3,(H,31,32). The minimum atomic E-state index is -0.684. The number of aryl methyl sites for hydroxylation is 2. The molecule has 0 aliphatic rings. The van der Waals surface area contributed by atoms with Crippen LogP contribution < -0.4 is 5.32 Å². The van der Waals surface area contributed by atoms with Crippen molar-refractivity contribution in [2.75, 3.05) is 19.1 Å². The normalized spacial score (nSPS) is 11.7. The summed E-state index contributed by atoms with van der Waals surface area (Å²) in [7, 11) is 1.35. The molecule has 190 valence electrons. The van der Waals surface area contributed by atoms with Crippen LogP contribution in [0.2, 0.25) is 0 Å². The number of ether oxygens (including phenoxy) is 2. The third kappa shape index (κ3) is 7.70. The van der Waals surface area contributed by atoms with E-state index in [0.29, 0.717) is 25.2 Å². The van der Waals surface area contributed by atoms with Gasteiger partial charge in [0.25, 0.3) is 5.91 Å². The molecule has 1 N–H and O–H groups in total. The molecule has 0 saturated carbocycles. The van der Waals surface area contributed by atoms with Crippen molar-refractivity contribution in [1.29, 1.82) is 0 Å². The van der Waals surface area contributed by atoms with E-state index in [1.807, 2.05) is 61.7 Å². The molecule has 1 amide bonds. The zero-order chi connectivity index (χ0) is 25.9. The predicted molar refractivity (Wildman–Crippen MR) is 147 cm³/mol. The molecule has 0 radical (unpaired) electrons. The van der Waals surface area contributed by atoms with Gasteiger partial charge in [0.15, 0.2) is 0 Å². The van der Waals surface area contributed by atoms with Gasteiger partial charge in [0.05, 0.1) is 20.3 Å². The van der Waals surface area contributed by atoms with Gasteiger partial charge in [-0.25, -0.2) is 4.79 Å². The van der Waals surface area contributed by atoms with Crippen molar-refractivity contribution < 1.29 is 19.1 Å². The highest BCUT2D eigenvalue weighted by molar-refractivity contribution is 7.98. The van der Waals surface area contributed by atoms with E-state index in [0.717, 1.165) is 40.0 Å². The van der Waals surface area contributed by atoms with Crippen molar-refractivity contribution in [3.05, 3.63) is 94.5 Å². The molecule has 0 spiro atoms. The van der Waals surface area contributed by atoms with Crippen LogP contribution in [0.15, 0.2) is 66.7 Å². The molecule has 3 rings (SSSR count). The van der Waals surface area contributed by atoms with Gasteiger partial charge in [-0.2, -0.15) is 11.8 Å². The van der Waals surface area contributed by atoms with Crippen molar-refractivity contribution in [3.63, 3.8) is 0 Å². The van der Waals surface area contributed by atoms with Crippen molar-refractivity contribution in [2.24, 2.45) is 0 Å². The SMILES string of the molecule is COC(=O)C(CCCSC)NC(=O)c1ccc(COCc2cccc(C)c2)cc1-c1ccccc1C. The lowest BCUT2D eigenvalue weighted by atomic mass is 9.93. The molecular formula is C30H35NO4S. The fourth-order valence-electron chi connectivity index (χ4n) is 4.12. The summed E-state index contributed by atoms with van der Waals surface area (Å²) in [6, 6.07) is 21.3. The number of nitrogens with one attached hydrogen (secondary N) is 1. The second-order valence-corrected chi connectivity index (χ2v) is 9.85. The lowest BCUT2D eigenvalue weighted by Crippen LogP contribution is -2.41. The van der Waals surface area contributed by atoms with Crippen molar-refractivity contribution in [1.82, 2.24) is 5.32 Å². The van der Waals surface area contributed by atoms with Crippen LogP contribution in [-0.2, 0) is 27.5 Å². The molecule has 1 unspecified atom stereocenters. The number of methoxy groups -OCH3 is 1. The minimum absolute atomic E-state index is 0.292. The highest BCUT2D eigenvalue weighted by Gasteiger charge is 2.24. The molecular weight excluding hydrogens is 470 g/mol. The number of benzene rings is 3. The fraction of sp³-hybridized carbons (Fsp3) is 0.333. The van der Waals surface area contributed by atoms with Gasteiger partial charge in [0.1, 0.15) is 6.04 Å². The van der Waals surface area contributed by atoms with Crippen molar-refractivity contribution >= 4 is 23.6 Å². The first-order chi connectivity index (χ1) is 17.4. The number of rotatable bonds is 12. The summed E-state index contributed by atoms with van der Waals surface area (Å²) in [5.74, 6) is 0.192.